The lowest BCUT2D eigenvalue weighted by molar-refractivity contribution is -0.133. The van der Waals surface area contributed by atoms with Gasteiger partial charge in [-0.3, -0.25) is 9.59 Å². The Morgan fingerprint density at radius 2 is 2.27 bits per heavy atom. The molecule has 1 aromatic rings. The van der Waals surface area contributed by atoms with Gasteiger partial charge >= 0.3 is 0 Å². The molecule has 2 amide bonds. The Kier molecular flexibility index (Phi) is 4.15. The van der Waals surface area contributed by atoms with Crippen molar-refractivity contribution < 1.29 is 18.8 Å². The maximum Gasteiger partial charge on any atom is 0.292 e. The number of rotatable bonds is 2. The van der Waals surface area contributed by atoms with Crippen LogP contribution in [-0.2, 0) is 16.0 Å². The Labute approximate surface area is 129 Å². The second-order valence-electron chi connectivity index (χ2n) is 5.96. The molecule has 2 saturated heterocycles. The van der Waals surface area contributed by atoms with E-state index in [1.54, 1.807) is 22.9 Å². The van der Waals surface area contributed by atoms with Crippen molar-refractivity contribution in [3.63, 3.8) is 0 Å². The van der Waals surface area contributed by atoms with Gasteiger partial charge in [-0.2, -0.15) is 0 Å². The summed E-state index contributed by atoms with van der Waals surface area (Å²) in [7, 11) is 1.78. The van der Waals surface area contributed by atoms with Crippen LogP contribution in [-0.4, -0.2) is 66.2 Å². The fourth-order valence-corrected chi connectivity index (χ4v) is 3.07. The monoisotopic (exact) mass is 307 g/mol. The molecule has 0 radical (unpaired) electrons. The number of fused-ring (bicyclic) bond motifs is 1. The molecule has 0 aliphatic carbocycles. The summed E-state index contributed by atoms with van der Waals surface area (Å²) in [5.74, 6) is 0.288. The van der Waals surface area contributed by atoms with E-state index in [0.29, 0.717) is 19.6 Å². The van der Waals surface area contributed by atoms with Gasteiger partial charge in [-0.15, -0.1) is 0 Å². The standard InChI is InChI=1S/C15H21N3O4/c1-3-11-6-13(22-16-11)15(20)18-5-4-12-10(8-18)7-17(2)14(19)9-21-12/h6,10,12H,3-5,7-9H2,1-2H3/t10-,12-/m0/s1. The molecule has 2 fully saturated rings. The summed E-state index contributed by atoms with van der Waals surface area (Å²) in [6.07, 6.45) is 1.52. The molecule has 0 spiro atoms. The molecule has 2 atom stereocenters. The van der Waals surface area contributed by atoms with E-state index in [4.69, 9.17) is 9.26 Å². The Morgan fingerprint density at radius 3 is 3.00 bits per heavy atom. The lowest BCUT2D eigenvalue weighted by atomic mass is 9.94. The molecular weight excluding hydrogens is 286 g/mol. The number of hydrogen-bond donors (Lipinski definition) is 0. The first-order valence-electron chi connectivity index (χ1n) is 7.69. The SMILES string of the molecule is CCc1cc(C(=O)N2CC[C@@H]3OCC(=O)N(C)C[C@H]3C2)on1. The van der Waals surface area contributed by atoms with Crippen LogP contribution >= 0.6 is 0 Å². The number of amides is 2. The van der Waals surface area contributed by atoms with Crippen LogP contribution in [0.1, 0.15) is 29.6 Å². The molecule has 2 aliphatic heterocycles. The van der Waals surface area contributed by atoms with E-state index in [9.17, 15) is 9.59 Å². The minimum Gasteiger partial charge on any atom is -0.368 e. The zero-order valence-electron chi connectivity index (χ0n) is 12.9. The second-order valence-corrected chi connectivity index (χ2v) is 5.96. The normalized spacial score (nSPS) is 25.8. The Hall–Kier alpha value is -1.89. The van der Waals surface area contributed by atoms with Crippen LogP contribution < -0.4 is 0 Å². The highest BCUT2D eigenvalue weighted by Gasteiger charge is 2.37. The van der Waals surface area contributed by atoms with Gasteiger partial charge in [0.05, 0.1) is 11.8 Å². The number of aromatic nitrogens is 1. The van der Waals surface area contributed by atoms with Crippen molar-refractivity contribution >= 4 is 11.8 Å². The van der Waals surface area contributed by atoms with Gasteiger partial charge < -0.3 is 19.1 Å². The van der Waals surface area contributed by atoms with Crippen LogP contribution in [0.15, 0.2) is 10.6 Å². The van der Waals surface area contributed by atoms with Gasteiger partial charge in [-0.25, -0.2) is 0 Å². The van der Waals surface area contributed by atoms with Gasteiger partial charge in [0.25, 0.3) is 5.91 Å². The predicted molar refractivity (Wildman–Crippen MR) is 77.3 cm³/mol. The van der Waals surface area contributed by atoms with Gasteiger partial charge in [0.1, 0.15) is 6.61 Å². The molecule has 0 unspecified atom stereocenters. The number of likely N-dealkylation sites (tertiary alicyclic amines) is 1. The largest absolute Gasteiger partial charge is 0.368 e. The molecule has 120 valence electrons. The van der Waals surface area contributed by atoms with Crippen molar-refractivity contribution in [3.8, 4) is 0 Å². The summed E-state index contributed by atoms with van der Waals surface area (Å²) in [5.41, 5.74) is 0.779. The van der Waals surface area contributed by atoms with Crippen LogP contribution in [0.3, 0.4) is 0 Å². The van der Waals surface area contributed by atoms with E-state index >= 15 is 0 Å². The second kappa shape index (κ2) is 6.08. The van der Waals surface area contributed by atoms with Crippen LogP contribution in [0.5, 0.6) is 0 Å². The predicted octanol–water partition coefficient (Wildman–Crippen LogP) is 0.556. The van der Waals surface area contributed by atoms with Gasteiger partial charge in [0, 0.05) is 38.7 Å². The third-order valence-corrected chi connectivity index (χ3v) is 4.44. The molecule has 0 aromatic carbocycles. The maximum atomic E-state index is 12.5. The summed E-state index contributed by atoms with van der Waals surface area (Å²) < 4.78 is 10.8. The number of piperidine rings is 1. The van der Waals surface area contributed by atoms with Crippen molar-refractivity contribution in [3.05, 3.63) is 17.5 Å². The van der Waals surface area contributed by atoms with Gasteiger partial charge in [-0.05, 0) is 12.8 Å². The van der Waals surface area contributed by atoms with Crippen LogP contribution in [0.25, 0.3) is 0 Å². The number of likely N-dealkylation sites (N-methyl/N-ethyl adjacent to an activating group) is 1. The molecule has 0 bridgehead atoms. The van der Waals surface area contributed by atoms with E-state index in [-0.39, 0.29) is 36.2 Å². The first-order chi connectivity index (χ1) is 10.6. The number of carbonyl (C=O) groups is 2. The molecule has 1 aromatic heterocycles. The fraction of sp³-hybridized carbons (Fsp3) is 0.667. The lowest BCUT2D eigenvalue weighted by Crippen LogP contribution is -2.48. The molecule has 2 aliphatic rings. The smallest absolute Gasteiger partial charge is 0.292 e. The maximum absolute atomic E-state index is 12.5. The van der Waals surface area contributed by atoms with Crippen molar-refractivity contribution in [2.75, 3.05) is 33.3 Å². The number of carbonyl (C=O) groups excluding carboxylic acids is 2. The third kappa shape index (κ3) is 2.85. The van der Waals surface area contributed by atoms with E-state index in [0.717, 1.165) is 18.5 Å². The third-order valence-electron chi connectivity index (χ3n) is 4.44. The number of nitrogens with zero attached hydrogens (tertiary/aromatic N) is 3. The number of ether oxygens (including phenoxy) is 1. The summed E-state index contributed by atoms with van der Waals surface area (Å²) in [5, 5.41) is 3.87. The highest BCUT2D eigenvalue weighted by molar-refractivity contribution is 5.91. The molecule has 3 rings (SSSR count). The average molecular weight is 307 g/mol. The molecule has 22 heavy (non-hydrogen) atoms. The summed E-state index contributed by atoms with van der Waals surface area (Å²) in [4.78, 5) is 27.7. The number of aryl methyl sites for hydroxylation is 1. The number of hydrogen-bond acceptors (Lipinski definition) is 5. The fourth-order valence-electron chi connectivity index (χ4n) is 3.07. The molecule has 3 heterocycles. The zero-order valence-corrected chi connectivity index (χ0v) is 12.9. The lowest BCUT2D eigenvalue weighted by Gasteiger charge is -2.37. The van der Waals surface area contributed by atoms with Crippen molar-refractivity contribution in [2.24, 2.45) is 5.92 Å². The van der Waals surface area contributed by atoms with Crippen molar-refractivity contribution in [1.29, 1.82) is 0 Å². The van der Waals surface area contributed by atoms with Crippen LogP contribution in [0.2, 0.25) is 0 Å². The molecule has 7 nitrogen and oxygen atoms in total. The van der Waals surface area contributed by atoms with E-state index in [1.165, 1.54) is 0 Å². The van der Waals surface area contributed by atoms with E-state index in [1.807, 2.05) is 6.92 Å². The zero-order chi connectivity index (χ0) is 15.7. The van der Waals surface area contributed by atoms with Gasteiger partial charge in [-0.1, -0.05) is 12.1 Å². The minimum absolute atomic E-state index is 0.00454. The van der Waals surface area contributed by atoms with Crippen molar-refractivity contribution in [2.45, 2.75) is 25.9 Å². The van der Waals surface area contributed by atoms with Crippen LogP contribution in [0.4, 0.5) is 0 Å². The van der Waals surface area contributed by atoms with Gasteiger partial charge in [0.15, 0.2) is 0 Å². The highest BCUT2D eigenvalue weighted by Crippen LogP contribution is 2.25. The summed E-state index contributed by atoms with van der Waals surface area (Å²) in [6, 6.07) is 1.70. The summed E-state index contributed by atoms with van der Waals surface area (Å²) in [6.45, 7) is 3.90. The highest BCUT2D eigenvalue weighted by atomic mass is 16.5. The topological polar surface area (TPSA) is 75.9 Å². The van der Waals surface area contributed by atoms with Crippen LogP contribution in [0, 0.1) is 5.92 Å². The molecule has 7 heteroatoms. The molecular formula is C15H21N3O4. The van der Waals surface area contributed by atoms with Gasteiger partial charge in [0.2, 0.25) is 11.7 Å². The Morgan fingerprint density at radius 1 is 1.45 bits per heavy atom. The molecule has 0 saturated carbocycles. The van der Waals surface area contributed by atoms with E-state index < -0.39 is 0 Å². The Balaban J connectivity index is 1.69. The summed E-state index contributed by atoms with van der Waals surface area (Å²) >= 11 is 0. The van der Waals surface area contributed by atoms with Crippen molar-refractivity contribution in [1.82, 2.24) is 15.0 Å². The quantitative estimate of drug-likeness (QED) is 0.798. The Bertz CT molecular complexity index is 571. The van der Waals surface area contributed by atoms with E-state index in [2.05, 4.69) is 5.16 Å². The first kappa shape index (κ1) is 15.0. The minimum atomic E-state index is -0.135. The average Bonchev–Trinajstić information content (AvgIpc) is 2.96. The molecule has 0 N–H and O–H groups in total. The first-order valence-corrected chi connectivity index (χ1v) is 7.69.